The van der Waals surface area contributed by atoms with Crippen LogP contribution < -0.4 is 11.3 Å². The average molecular weight is 246 g/mol. The quantitative estimate of drug-likeness (QED) is 0.368. The fraction of sp³-hybridized carbons (Fsp3) is 0.143. The minimum absolute atomic E-state index is 0.0323. The first-order valence-electron chi connectivity index (χ1n) is 3.48. The normalized spacial score (nSPS) is 9.69. The molecule has 0 bridgehead atoms. The van der Waals surface area contributed by atoms with E-state index in [2.05, 4.69) is 21.4 Å². The number of hydrogen-bond donors (Lipinski definition) is 2. The molecule has 0 saturated carbocycles. The van der Waals surface area contributed by atoms with Gasteiger partial charge in [-0.15, -0.1) is 0 Å². The molecule has 0 amide bonds. The smallest absolute Gasteiger partial charge is 0.271 e. The third kappa shape index (κ3) is 2.40. The maximum Gasteiger partial charge on any atom is 0.271 e. The van der Waals surface area contributed by atoms with Crippen LogP contribution in [0.1, 0.15) is 5.56 Å². The number of anilines is 1. The number of nitrogens with zero attached hydrogens (tertiary/aromatic N) is 1. The molecule has 1 aromatic carbocycles. The number of alkyl halides is 1. The molecule has 0 aliphatic carbocycles. The highest BCUT2D eigenvalue weighted by molar-refractivity contribution is 9.08. The average Bonchev–Trinajstić information content (AvgIpc) is 2.16. The Kier molecular flexibility index (Phi) is 3.21. The molecule has 0 heterocycles. The Balaban J connectivity index is 3.14. The predicted octanol–water partition coefficient (Wildman–Crippen LogP) is 1.78. The summed E-state index contributed by atoms with van der Waals surface area (Å²) in [4.78, 5) is 10.0. The number of nitrogens with two attached hydrogens (primary N) is 1. The molecule has 0 atom stereocenters. The van der Waals surface area contributed by atoms with Crippen molar-refractivity contribution in [2.75, 3.05) is 5.43 Å². The topological polar surface area (TPSA) is 81.2 Å². The second kappa shape index (κ2) is 4.20. The number of halogens is 1. The molecule has 0 radical (unpaired) electrons. The largest absolute Gasteiger partial charge is 0.324 e. The molecule has 0 aromatic heterocycles. The number of nitro groups is 1. The highest BCUT2D eigenvalue weighted by Gasteiger charge is 2.08. The summed E-state index contributed by atoms with van der Waals surface area (Å²) in [6, 6.07) is 4.61. The molecular weight excluding hydrogens is 238 g/mol. The summed E-state index contributed by atoms with van der Waals surface area (Å²) in [5.41, 5.74) is 3.74. The van der Waals surface area contributed by atoms with Crippen LogP contribution in [0.25, 0.3) is 0 Å². The summed E-state index contributed by atoms with van der Waals surface area (Å²) in [5.74, 6) is 5.15. The van der Waals surface area contributed by atoms with E-state index in [0.717, 1.165) is 5.56 Å². The molecule has 1 aromatic rings. The van der Waals surface area contributed by atoms with Crippen molar-refractivity contribution in [3.8, 4) is 0 Å². The van der Waals surface area contributed by atoms with E-state index in [9.17, 15) is 10.1 Å². The van der Waals surface area contributed by atoms with Gasteiger partial charge in [0.05, 0.1) is 10.6 Å². The zero-order valence-corrected chi connectivity index (χ0v) is 8.24. The van der Waals surface area contributed by atoms with Gasteiger partial charge in [-0.1, -0.05) is 15.9 Å². The van der Waals surface area contributed by atoms with Crippen LogP contribution in [0.15, 0.2) is 18.2 Å². The molecule has 0 fully saturated rings. The summed E-state index contributed by atoms with van der Waals surface area (Å²) in [5, 5.41) is 11.0. The Morgan fingerprint density at radius 2 is 2.23 bits per heavy atom. The Hall–Kier alpha value is -1.14. The van der Waals surface area contributed by atoms with Crippen molar-refractivity contribution in [1.29, 1.82) is 0 Å². The van der Waals surface area contributed by atoms with Gasteiger partial charge in [-0.3, -0.25) is 16.0 Å². The molecular formula is C7H8BrN3O2. The van der Waals surface area contributed by atoms with Gasteiger partial charge in [0.1, 0.15) is 0 Å². The standard InChI is InChI=1S/C7H8BrN3O2/c8-4-5-1-6(10-9)3-7(2-5)11(12)13/h1-3,10H,4,9H2. The van der Waals surface area contributed by atoms with E-state index in [4.69, 9.17) is 5.84 Å². The lowest BCUT2D eigenvalue weighted by atomic mass is 10.2. The van der Waals surface area contributed by atoms with Crippen molar-refractivity contribution < 1.29 is 4.92 Å². The maximum atomic E-state index is 10.5. The Morgan fingerprint density at radius 1 is 1.54 bits per heavy atom. The highest BCUT2D eigenvalue weighted by Crippen LogP contribution is 2.21. The lowest BCUT2D eigenvalue weighted by Crippen LogP contribution is -2.07. The Morgan fingerprint density at radius 3 is 2.69 bits per heavy atom. The first-order chi connectivity index (χ1) is 6.17. The summed E-state index contributed by atoms with van der Waals surface area (Å²) in [7, 11) is 0. The molecule has 0 aliphatic heterocycles. The van der Waals surface area contributed by atoms with E-state index < -0.39 is 4.92 Å². The zero-order chi connectivity index (χ0) is 9.84. The number of nitrogens with one attached hydrogen (secondary N) is 1. The molecule has 0 spiro atoms. The number of hydrazine groups is 1. The fourth-order valence-electron chi connectivity index (χ4n) is 0.940. The number of benzene rings is 1. The number of rotatable bonds is 3. The van der Waals surface area contributed by atoms with Gasteiger partial charge in [0.2, 0.25) is 0 Å². The second-order valence-electron chi connectivity index (χ2n) is 2.42. The van der Waals surface area contributed by atoms with Crippen molar-refractivity contribution in [3.63, 3.8) is 0 Å². The van der Waals surface area contributed by atoms with Crippen molar-refractivity contribution in [2.24, 2.45) is 5.84 Å². The van der Waals surface area contributed by atoms with Gasteiger partial charge in [0.25, 0.3) is 5.69 Å². The summed E-state index contributed by atoms with van der Waals surface area (Å²) >= 11 is 3.21. The predicted molar refractivity (Wildman–Crippen MR) is 53.5 cm³/mol. The molecule has 0 saturated heterocycles. The molecule has 6 heteroatoms. The summed E-state index contributed by atoms with van der Waals surface area (Å²) in [6.07, 6.45) is 0. The van der Waals surface area contributed by atoms with Crippen molar-refractivity contribution >= 4 is 27.3 Å². The SMILES string of the molecule is NNc1cc(CBr)cc([N+](=O)[O-])c1. The molecule has 0 aliphatic rings. The van der Waals surface area contributed by atoms with Crippen molar-refractivity contribution in [2.45, 2.75) is 5.33 Å². The molecule has 1 rings (SSSR count). The third-order valence-electron chi connectivity index (χ3n) is 1.51. The Labute approximate surface area is 83.2 Å². The first-order valence-corrected chi connectivity index (χ1v) is 4.60. The van der Waals surface area contributed by atoms with Crippen LogP contribution in [0.4, 0.5) is 11.4 Å². The van der Waals surface area contributed by atoms with E-state index in [-0.39, 0.29) is 5.69 Å². The van der Waals surface area contributed by atoms with Crippen molar-refractivity contribution in [3.05, 3.63) is 33.9 Å². The molecule has 70 valence electrons. The number of hydrogen-bond acceptors (Lipinski definition) is 4. The van der Waals surface area contributed by atoms with E-state index in [1.807, 2.05) is 0 Å². The molecule has 5 nitrogen and oxygen atoms in total. The third-order valence-corrected chi connectivity index (χ3v) is 2.16. The number of non-ortho nitro benzene ring substituents is 1. The van der Waals surface area contributed by atoms with Gasteiger partial charge in [-0.2, -0.15) is 0 Å². The van der Waals surface area contributed by atoms with Crippen LogP contribution in [0.2, 0.25) is 0 Å². The Bertz CT molecular complexity index is 307. The van der Waals surface area contributed by atoms with Gasteiger partial charge in [0, 0.05) is 17.5 Å². The lowest BCUT2D eigenvalue weighted by molar-refractivity contribution is -0.384. The second-order valence-corrected chi connectivity index (χ2v) is 2.98. The zero-order valence-electron chi connectivity index (χ0n) is 6.66. The van der Waals surface area contributed by atoms with Crippen LogP contribution in [0.5, 0.6) is 0 Å². The van der Waals surface area contributed by atoms with E-state index in [1.54, 1.807) is 6.07 Å². The van der Waals surface area contributed by atoms with Gasteiger partial charge >= 0.3 is 0 Å². The monoisotopic (exact) mass is 245 g/mol. The van der Waals surface area contributed by atoms with Crippen LogP contribution in [-0.2, 0) is 5.33 Å². The van der Waals surface area contributed by atoms with Crippen LogP contribution in [0, 0.1) is 10.1 Å². The van der Waals surface area contributed by atoms with Crippen LogP contribution >= 0.6 is 15.9 Å². The van der Waals surface area contributed by atoms with Crippen LogP contribution in [0.3, 0.4) is 0 Å². The lowest BCUT2D eigenvalue weighted by Gasteiger charge is -2.02. The van der Waals surface area contributed by atoms with Gasteiger partial charge in [-0.25, -0.2) is 0 Å². The van der Waals surface area contributed by atoms with E-state index in [0.29, 0.717) is 11.0 Å². The van der Waals surface area contributed by atoms with E-state index >= 15 is 0 Å². The highest BCUT2D eigenvalue weighted by atomic mass is 79.9. The van der Waals surface area contributed by atoms with Gasteiger partial charge in [-0.05, 0) is 11.6 Å². The van der Waals surface area contributed by atoms with Crippen molar-refractivity contribution in [1.82, 2.24) is 0 Å². The first kappa shape index (κ1) is 9.94. The number of nitro benzene ring substituents is 1. The number of nitrogen functional groups attached to an aromatic ring is 1. The summed E-state index contributed by atoms with van der Waals surface area (Å²) < 4.78 is 0. The molecule has 13 heavy (non-hydrogen) atoms. The van der Waals surface area contributed by atoms with Gasteiger partial charge < -0.3 is 5.43 Å². The molecule has 3 N–H and O–H groups in total. The van der Waals surface area contributed by atoms with E-state index in [1.165, 1.54) is 12.1 Å². The van der Waals surface area contributed by atoms with Crippen LogP contribution in [-0.4, -0.2) is 4.92 Å². The van der Waals surface area contributed by atoms with Gasteiger partial charge in [0.15, 0.2) is 0 Å². The minimum Gasteiger partial charge on any atom is -0.324 e. The minimum atomic E-state index is -0.451. The molecule has 0 unspecified atom stereocenters. The summed E-state index contributed by atoms with van der Waals surface area (Å²) in [6.45, 7) is 0. The fourth-order valence-corrected chi connectivity index (χ4v) is 1.26. The maximum absolute atomic E-state index is 10.5.